The summed E-state index contributed by atoms with van der Waals surface area (Å²) in [6.45, 7) is 0.125. The number of benzene rings is 1. The number of nitro benzene ring substituents is 1. The van der Waals surface area contributed by atoms with Crippen molar-refractivity contribution >= 4 is 11.7 Å². The van der Waals surface area contributed by atoms with E-state index in [0.717, 1.165) is 0 Å². The third kappa shape index (κ3) is 2.41. The van der Waals surface area contributed by atoms with Gasteiger partial charge in [0, 0.05) is 18.6 Å². The molecule has 7 heteroatoms. The largest absolute Gasteiger partial charge is 0.457 e. The maximum atomic E-state index is 11.9. The van der Waals surface area contributed by atoms with Gasteiger partial charge in [-0.25, -0.2) is 4.79 Å². The lowest BCUT2D eigenvalue weighted by Gasteiger charge is -2.25. The molecule has 1 aliphatic carbocycles. The molecule has 21 heavy (non-hydrogen) atoms. The smallest absolute Gasteiger partial charge is 0.343 e. The van der Waals surface area contributed by atoms with E-state index in [1.54, 1.807) is 12.1 Å². The van der Waals surface area contributed by atoms with Crippen molar-refractivity contribution in [3.05, 3.63) is 52.1 Å². The first-order chi connectivity index (χ1) is 10.00. The van der Waals surface area contributed by atoms with Crippen LogP contribution in [0.4, 0.5) is 5.69 Å². The van der Waals surface area contributed by atoms with Gasteiger partial charge in [0.05, 0.1) is 11.5 Å². The van der Waals surface area contributed by atoms with E-state index in [4.69, 9.17) is 9.47 Å². The number of nitro groups is 1. The Hall–Kier alpha value is -2.25. The van der Waals surface area contributed by atoms with E-state index in [2.05, 4.69) is 0 Å². The summed E-state index contributed by atoms with van der Waals surface area (Å²) in [6, 6.07) is 5.92. The van der Waals surface area contributed by atoms with Crippen LogP contribution in [-0.4, -0.2) is 33.8 Å². The number of carbonyl (C=O) groups excluding carboxylic acids is 1. The molecule has 0 radical (unpaired) electrons. The average molecular weight is 291 g/mol. The van der Waals surface area contributed by atoms with Crippen molar-refractivity contribution in [1.82, 2.24) is 0 Å². The van der Waals surface area contributed by atoms with Crippen LogP contribution in [-0.2, 0) is 20.9 Å². The van der Waals surface area contributed by atoms with Crippen molar-refractivity contribution in [3.63, 3.8) is 0 Å². The summed E-state index contributed by atoms with van der Waals surface area (Å²) < 4.78 is 10.7. The molecule has 0 saturated carbocycles. The van der Waals surface area contributed by atoms with Gasteiger partial charge in [-0.15, -0.1) is 0 Å². The number of aliphatic hydroxyl groups excluding tert-OH is 1. The summed E-state index contributed by atoms with van der Waals surface area (Å²) >= 11 is 0. The molecule has 1 heterocycles. The summed E-state index contributed by atoms with van der Waals surface area (Å²) in [5.74, 6) is -0.512. The highest BCUT2D eigenvalue weighted by Crippen LogP contribution is 2.37. The lowest BCUT2D eigenvalue weighted by Crippen LogP contribution is -2.38. The minimum atomic E-state index is -1.16. The molecule has 3 rings (SSSR count). The summed E-state index contributed by atoms with van der Waals surface area (Å²) in [4.78, 5) is 22.0. The molecule has 1 fully saturated rings. The first kappa shape index (κ1) is 13.7. The fraction of sp³-hybridized carbons (Fsp3) is 0.357. The van der Waals surface area contributed by atoms with E-state index in [9.17, 15) is 20.0 Å². The Balaban J connectivity index is 1.71. The number of ether oxygens (including phenoxy) is 2. The van der Waals surface area contributed by atoms with Crippen LogP contribution in [0.1, 0.15) is 12.0 Å². The minimum Gasteiger partial charge on any atom is -0.457 e. The fourth-order valence-electron chi connectivity index (χ4n) is 2.46. The van der Waals surface area contributed by atoms with Crippen molar-refractivity contribution < 1.29 is 24.3 Å². The first-order valence-electron chi connectivity index (χ1n) is 6.46. The molecule has 1 aromatic rings. The lowest BCUT2D eigenvalue weighted by atomic mass is 9.90. The normalized spacial score (nSPS) is 30.2. The van der Waals surface area contributed by atoms with Gasteiger partial charge in [-0.3, -0.25) is 10.1 Å². The molecule has 1 aliphatic heterocycles. The Morgan fingerprint density at radius 2 is 2.14 bits per heavy atom. The van der Waals surface area contributed by atoms with Crippen LogP contribution >= 0.6 is 0 Å². The zero-order chi connectivity index (χ0) is 15.0. The molecule has 1 N–H and O–H groups in total. The predicted octanol–water partition coefficient (Wildman–Crippen LogP) is 1.10. The third-order valence-corrected chi connectivity index (χ3v) is 3.70. The Kier molecular flexibility index (Phi) is 3.23. The maximum Gasteiger partial charge on any atom is 0.343 e. The molecule has 2 aliphatic rings. The van der Waals surface area contributed by atoms with Crippen molar-refractivity contribution in [1.29, 1.82) is 0 Å². The molecular weight excluding hydrogens is 278 g/mol. The van der Waals surface area contributed by atoms with Crippen LogP contribution in [0, 0.1) is 10.1 Å². The van der Waals surface area contributed by atoms with E-state index < -0.39 is 28.7 Å². The van der Waals surface area contributed by atoms with Crippen molar-refractivity contribution in [2.24, 2.45) is 0 Å². The Morgan fingerprint density at radius 1 is 1.43 bits per heavy atom. The SMILES string of the molecule is O=C1O[C@@H]2C[C@@]1(OCc1ccc([N+](=O)[O-])cc1)C=C[C@H]2O. The molecule has 1 saturated heterocycles. The third-order valence-electron chi connectivity index (χ3n) is 3.70. The van der Waals surface area contributed by atoms with Crippen molar-refractivity contribution in [3.8, 4) is 0 Å². The molecule has 2 bridgehead atoms. The number of hydrogen-bond donors (Lipinski definition) is 1. The van der Waals surface area contributed by atoms with Crippen LogP contribution in [0.2, 0.25) is 0 Å². The van der Waals surface area contributed by atoms with E-state index in [-0.39, 0.29) is 18.7 Å². The van der Waals surface area contributed by atoms with E-state index >= 15 is 0 Å². The van der Waals surface area contributed by atoms with E-state index in [1.165, 1.54) is 24.3 Å². The molecular formula is C14H13NO6. The van der Waals surface area contributed by atoms with E-state index in [1.807, 2.05) is 0 Å². The maximum absolute atomic E-state index is 11.9. The Labute approximate surface area is 119 Å². The number of fused-ring (bicyclic) bond motifs is 2. The minimum absolute atomic E-state index is 0.00191. The van der Waals surface area contributed by atoms with Gasteiger partial charge in [0.1, 0.15) is 12.2 Å². The summed E-state index contributed by atoms with van der Waals surface area (Å²) in [5, 5.41) is 20.2. The second-order valence-electron chi connectivity index (χ2n) is 5.10. The molecule has 0 amide bonds. The summed E-state index contributed by atoms with van der Waals surface area (Å²) in [7, 11) is 0. The van der Waals surface area contributed by atoms with Crippen LogP contribution in [0.25, 0.3) is 0 Å². The number of esters is 1. The molecule has 0 unspecified atom stereocenters. The number of non-ortho nitro benzene ring substituents is 1. The quantitative estimate of drug-likeness (QED) is 0.386. The van der Waals surface area contributed by atoms with Crippen LogP contribution in [0.3, 0.4) is 0 Å². The van der Waals surface area contributed by atoms with Crippen LogP contribution in [0.15, 0.2) is 36.4 Å². The number of hydrogen-bond acceptors (Lipinski definition) is 6. The summed E-state index contributed by atoms with van der Waals surface area (Å²) in [6.07, 6.45) is 1.92. The number of aliphatic hydroxyl groups is 1. The topological polar surface area (TPSA) is 98.9 Å². The predicted molar refractivity (Wildman–Crippen MR) is 70.3 cm³/mol. The first-order valence-corrected chi connectivity index (χ1v) is 6.46. The highest BCUT2D eigenvalue weighted by atomic mass is 16.6. The molecule has 0 spiro atoms. The zero-order valence-electron chi connectivity index (χ0n) is 11.0. The highest BCUT2D eigenvalue weighted by molar-refractivity contribution is 5.85. The lowest BCUT2D eigenvalue weighted by molar-refractivity contribution is -0.384. The molecule has 1 aromatic carbocycles. The molecule has 0 aromatic heterocycles. The van der Waals surface area contributed by atoms with Gasteiger partial charge in [-0.1, -0.05) is 6.08 Å². The van der Waals surface area contributed by atoms with Crippen molar-refractivity contribution in [2.75, 3.05) is 0 Å². The van der Waals surface area contributed by atoms with Gasteiger partial charge in [-0.2, -0.15) is 0 Å². The fourth-order valence-corrected chi connectivity index (χ4v) is 2.46. The summed E-state index contributed by atoms with van der Waals surface area (Å²) in [5.41, 5.74) is -0.449. The second kappa shape index (κ2) is 4.94. The van der Waals surface area contributed by atoms with Crippen molar-refractivity contribution in [2.45, 2.75) is 30.8 Å². The number of nitrogens with zero attached hydrogens (tertiary/aromatic N) is 1. The van der Waals surface area contributed by atoms with Gasteiger partial charge in [-0.05, 0) is 23.8 Å². The Morgan fingerprint density at radius 3 is 2.81 bits per heavy atom. The van der Waals surface area contributed by atoms with Gasteiger partial charge in [0.25, 0.3) is 5.69 Å². The van der Waals surface area contributed by atoms with Gasteiger partial charge in [0.15, 0.2) is 5.60 Å². The standard InChI is InChI=1S/C14H13NO6/c16-11-5-6-14(7-12(11)21-13(14)17)20-8-9-1-3-10(4-2-9)15(18)19/h1-6,11-12,16H,7-8H2/t11-,12-,14+/m1/s1. The molecule has 7 nitrogen and oxygen atoms in total. The number of carbonyl (C=O) groups is 1. The second-order valence-corrected chi connectivity index (χ2v) is 5.10. The monoisotopic (exact) mass is 291 g/mol. The van der Waals surface area contributed by atoms with Gasteiger partial charge >= 0.3 is 5.97 Å². The zero-order valence-corrected chi connectivity index (χ0v) is 11.0. The highest BCUT2D eigenvalue weighted by Gasteiger charge is 2.53. The van der Waals surface area contributed by atoms with Gasteiger partial charge in [0.2, 0.25) is 0 Å². The molecule has 3 atom stereocenters. The number of rotatable bonds is 4. The average Bonchev–Trinajstić information content (AvgIpc) is 2.75. The van der Waals surface area contributed by atoms with Crippen LogP contribution < -0.4 is 0 Å². The molecule has 110 valence electrons. The van der Waals surface area contributed by atoms with Gasteiger partial charge < -0.3 is 14.6 Å². The van der Waals surface area contributed by atoms with Crippen LogP contribution in [0.5, 0.6) is 0 Å². The Bertz CT molecular complexity index is 610. The van der Waals surface area contributed by atoms with E-state index in [0.29, 0.717) is 5.56 Å².